The van der Waals surface area contributed by atoms with E-state index in [1.807, 2.05) is 47.8 Å². The van der Waals surface area contributed by atoms with E-state index >= 15 is 0 Å². The van der Waals surface area contributed by atoms with Crippen LogP contribution >= 0.6 is 11.3 Å². The molecule has 1 N–H and O–H groups in total. The highest BCUT2D eigenvalue weighted by Crippen LogP contribution is 2.19. The zero-order valence-electron chi connectivity index (χ0n) is 12.3. The number of para-hydroxylation sites is 1. The second-order valence-corrected chi connectivity index (χ2v) is 5.58. The number of amides is 1. The number of nitrogens with one attached hydrogen (secondary N) is 1. The van der Waals surface area contributed by atoms with Crippen LogP contribution in [0.4, 0.5) is 0 Å². The van der Waals surface area contributed by atoms with Gasteiger partial charge < -0.3 is 10.1 Å². The fourth-order valence-corrected chi connectivity index (χ4v) is 2.52. The predicted octanol–water partition coefficient (Wildman–Crippen LogP) is 1.60. The lowest BCUT2D eigenvalue weighted by Crippen LogP contribution is -2.31. The van der Waals surface area contributed by atoms with E-state index in [4.69, 9.17) is 4.74 Å². The number of hydrogen-bond acceptors (Lipinski definition) is 6. The molecule has 0 spiro atoms. The first-order valence-corrected chi connectivity index (χ1v) is 7.95. The SMILES string of the molecule is O=C(Cn1nnc(-c2cccs2)n1)NCCOc1ccccc1. The van der Waals surface area contributed by atoms with Crippen molar-refractivity contribution in [2.45, 2.75) is 6.54 Å². The third-order valence-electron chi connectivity index (χ3n) is 2.92. The summed E-state index contributed by atoms with van der Waals surface area (Å²) in [5.74, 6) is 1.12. The molecular formula is C15H15N5O2S. The molecule has 3 rings (SSSR count). The van der Waals surface area contributed by atoms with Crippen LogP contribution in [0.3, 0.4) is 0 Å². The molecule has 1 amide bonds. The van der Waals surface area contributed by atoms with Gasteiger partial charge in [0.15, 0.2) is 0 Å². The van der Waals surface area contributed by atoms with Crippen LogP contribution in [-0.4, -0.2) is 39.3 Å². The van der Waals surface area contributed by atoms with E-state index in [1.54, 1.807) is 0 Å². The van der Waals surface area contributed by atoms with E-state index in [1.165, 1.54) is 16.1 Å². The topological polar surface area (TPSA) is 81.9 Å². The van der Waals surface area contributed by atoms with E-state index in [0.717, 1.165) is 10.6 Å². The Morgan fingerprint density at radius 1 is 1.22 bits per heavy atom. The van der Waals surface area contributed by atoms with Crippen LogP contribution in [0.1, 0.15) is 0 Å². The third-order valence-corrected chi connectivity index (χ3v) is 3.78. The van der Waals surface area contributed by atoms with Gasteiger partial charge in [0, 0.05) is 0 Å². The first-order chi connectivity index (χ1) is 11.3. The molecule has 0 unspecified atom stereocenters. The summed E-state index contributed by atoms with van der Waals surface area (Å²) >= 11 is 1.53. The molecule has 3 aromatic rings. The number of ether oxygens (including phenoxy) is 1. The Labute approximate surface area is 136 Å². The van der Waals surface area contributed by atoms with Crippen molar-refractivity contribution in [1.82, 2.24) is 25.5 Å². The van der Waals surface area contributed by atoms with Gasteiger partial charge in [-0.15, -0.1) is 21.5 Å². The van der Waals surface area contributed by atoms with Gasteiger partial charge in [0.2, 0.25) is 11.7 Å². The first-order valence-electron chi connectivity index (χ1n) is 7.07. The number of thiophene rings is 1. The van der Waals surface area contributed by atoms with Gasteiger partial charge in [-0.25, -0.2) is 0 Å². The molecule has 0 saturated heterocycles. The van der Waals surface area contributed by atoms with Crippen molar-refractivity contribution in [3.8, 4) is 16.5 Å². The molecule has 23 heavy (non-hydrogen) atoms. The quantitative estimate of drug-likeness (QED) is 0.666. The number of benzene rings is 1. The molecule has 118 valence electrons. The van der Waals surface area contributed by atoms with Crippen molar-refractivity contribution in [1.29, 1.82) is 0 Å². The van der Waals surface area contributed by atoms with Crippen LogP contribution < -0.4 is 10.1 Å². The number of carbonyl (C=O) groups excluding carboxylic acids is 1. The van der Waals surface area contributed by atoms with Crippen molar-refractivity contribution < 1.29 is 9.53 Å². The Kier molecular flexibility index (Phi) is 4.95. The van der Waals surface area contributed by atoms with E-state index < -0.39 is 0 Å². The minimum atomic E-state index is -0.184. The van der Waals surface area contributed by atoms with Crippen molar-refractivity contribution >= 4 is 17.2 Å². The standard InChI is InChI=1S/C15H15N5O2S/c21-14(16-8-9-22-12-5-2-1-3-6-12)11-20-18-15(17-19-20)13-7-4-10-23-13/h1-7,10H,8-9,11H2,(H,16,21). The largest absolute Gasteiger partial charge is 0.492 e. The molecule has 0 saturated carbocycles. The Bertz CT molecular complexity index is 742. The smallest absolute Gasteiger partial charge is 0.243 e. The summed E-state index contributed by atoms with van der Waals surface area (Å²) in [7, 11) is 0. The van der Waals surface area contributed by atoms with Crippen LogP contribution in [-0.2, 0) is 11.3 Å². The molecule has 0 radical (unpaired) electrons. The summed E-state index contributed by atoms with van der Waals surface area (Å²) in [4.78, 5) is 14.0. The Morgan fingerprint density at radius 2 is 2.09 bits per heavy atom. The van der Waals surface area contributed by atoms with Gasteiger partial charge >= 0.3 is 0 Å². The molecule has 1 aromatic carbocycles. The summed E-state index contributed by atoms with van der Waals surface area (Å²) in [6, 6.07) is 13.3. The highest BCUT2D eigenvalue weighted by Gasteiger charge is 2.09. The van der Waals surface area contributed by atoms with Gasteiger partial charge in [-0.05, 0) is 28.8 Å². The lowest BCUT2D eigenvalue weighted by Gasteiger charge is -2.07. The van der Waals surface area contributed by atoms with Crippen molar-refractivity contribution in [3.63, 3.8) is 0 Å². The first kappa shape index (κ1) is 15.2. The highest BCUT2D eigenvalue weighted by atomic mass is 32.1. The molecule has 0 aliphatic carbocycles. The lowest BCUT2D eigenvalue weighted by atomic mass is 10.3. The van der Waals surface area contributed by atoms with Crippen molar-refractivity contribution in [3.05, 3.63) is 47.8 Å². The van der Waals surface area contributed by atoms with Crippen LogP contribution in [0.25, 0.3) is 10.7 Å². The van der Waals surface area contributed by atoms with Gasteiger partial charge in [0.25, 0.3) is 0 Å². The molecule has 7 nitrogen and oxygen atoms in total. The normalized spacial score (nSPS) is 10.4. The monoisotopic (exact) mass is 329 g/mol. The fraction of sp³-hybridized carbons (Fsp3) is 0.200. The minimum Gasteiger partial charge on any atom is -0.492 e. The number of nitrogens with zero attached hydrogens (tertiary/aromatic N) is 4. The summed E-state index contributed by atoms with van der Waals surface area (Å²) in [5.41, 5.74) is 0. The highest BCUT2D eigenvalue weighted by molar-refractivity contribution is 7.13. The molecule has 0 aliphatic heterocycles. The van der Waals surface area contributed by atoms with Gasteiger partial charge in [-0.1, -0.05) is 24.3 Å². The van der Waals surface area contributed by atoms with Crippen LogP contribution in [0.2, 0.25) is 0 Å². The Hall–Kier alpha value is -2.74. The van der Waals surface area contributed by atoms with E-state index in [0.29, 0.717) is 19.0 Å². The van der Waals surface area contributed by atoms with E-state index in [9.17, 15) is 4.79 Å². The van der Waals surface area contributed by atoms with Gasteiger partial charge in [-0.2, -0.15) is 4.80 Å². The van der Waals surface area contributed by atoms with Crippen LogP contribution in [0.5, 0.6) is 5.75 Å². The molecule has 2 aromatic heterocycles. The summed E-state index contributed by atoms with van der Waals surface area (Å²) in [6.45, 7) is 0.852. The van der Waals surface area contributed by atoms with Crippen LogP contribution in [0, 0.1) is 0 Å². The van der Waals surface area contributed by atoms with E-state index in [2.05, 4.69) is 20.7 Å². The summed E-state index contributed by atoms with van der Waals surface area (Å²) in [6.07, 6.45) is 0. The van der Waals surface area contributed by atoms with Gasteiger partial charge in [-0.3, -0.25) is 4.79 Å². The maximum absolute atomic E-state index is 11.8. The second kappa shape index (κ2) is 7.50. The number of aromatic nitrogens is 4. The number of rotatable bonds is 7. The maximum atomic E-state index is 11.8. The third kappa shape index (κ3) is 4.36. The average Bonchev–Trinajstić information content (AvgIpc) is 3.24. The summed E-state index contributed by atoms with van der Waals surface area (Å²) in [5, 5.41) is 16.7. The lowest BCUT2D eigenvalue weighted by molar-refractivity contribution is -0.122. The molecule has 0 atom stereocenters. The van der Waals surface area contributed by atoms with Crippen LogP contribution in [0.15, 0.2) is 47.8 Å². The number of hydrogen-bond donors (Lipinski definition) is 1. The zero-order chi connectivity index (χ0) is 15.9. The Balaban J connectivity index is 1.41. The van der Waals surface area contributed by atoms with Crippen molar-refractivity contribution in [2.75, 3.05) is 13.2 Å². The average molecular weight is 329 g/mol. The molecule has 0 aliphatic rings. The van der Waals surface area contributed by atoms with Gasteiger partial charge in [0.05, 0.1) is 11.4 Å². The zero-order valence-corrected chi connectivity index (χ0v) is 13.1. The van der Waals surface area contributed by atoms with E-state index in [-0.39, 0.29) is 12.5 Å². The second-order valence-electron chi connectivity index (χ2n) is 4.63. The Morgan fingerprint density at radius 3 is 2.87 bits per heavy atom. The molecular weight excluding hydrogens is 314 g/mol. The molecule has 2 heterocycles. The molecule has 8 heteroatoms. The number of carbonyl (C=O) groups is 1. The maximum Gasteiger partial charge on any atom is 0.243 e. The predicted molar refractivity (Wildman–Crippen MR) is 86.1 cm³/mol. The minimum absolute atomic E-state index is 0.0315. The molecule has 0 fully saturated rings. The summed E-state index contributed by atoms with van der Waals surface area (Å²) < 4.78 is 5.50. The van der Waals surface area contributed by atoms with Gasteiger partial charge in [0.1, 0.15) is 18.9 Å². The number of tetrazole rings is 1. The molecule has 0 bridgehead atoms. The van der Waals surface area contributed by atoms with Crippen molar-refractivity contribution in [2.24, 2.45) is 0 Å². The fourth-order valence-electron chi connectivity index (χ4n) is 1.88.